The first-order chi connectivity index (χ1) is 22.0. The maximum atomic E-state index is 7.44. The van der Waals surface area contributed by atoms with Crippen molar-refractivity contribution in [2.24, 2.45) is 0 Å². The van der Waals surface area contributed by atoms with Gasteiger partial charge in [0.15, 0.2) is 5.58 Å². The normalized spacial score (nSPS) is 13.6. The van der Waals surface area contributed by atoms with Gasteiger partial charge in [-0.25, -0.2) is 10.0 Å². The second-order valence-corrected chi connectivity index (χ2v) is 17.4. The Morgan fingerprint density at radius 1 is 0.667 bits per heavy atom. The third-order valence-electron chi connectivity index (χ3n) is 9.39. The summed E-state index contributed by atoms with van der Waals surface area (Å²) in [7, 11) is -2.73. The average molecular weight is 630 g/mol. The van der Waals surface area contributed by atoms with Crippen LogP contribution in [0.3, 0.4) is 0 Å². The SMILES string of the molecule is CCS(C)(CC)c1cc2ccccc2c2c1op(N(Cc1ccccc1)[C@H](C)c1ccccc1)oc1ccc3ccccc3c12. The number of hydrogen-bond acceptors (Lipinski definition) is 3. The van der Waals surface area contributed by atoms with E-state index in [1.807, 2.05) is 0 Å². The van der Waals surface area contributed by atoms with Crippen molar-refractivity contribution in [1.29, 1.82) is 0 Å². The summed E-state index contributed by atoms with van der Waals surface area (Å²) in [6, 6.07) is 45.7. The lowest BCUT2D eigenvalue weighted by Gasteiger charge is -2.34. The van der Waals surface area contributed by atoms with Gasteiger partial charge in [0.2, 0.25) is 0 Å². The molecule has 7 rings (SSSR count). The van der Waals surface area contributed by atoms with E-state index in [2.05, 4.69) is 159 Å². The van der Waals surface area contributed by atoms with Crippen molar-refractivity contribution in [3.63, 3.8) is 0 Å². The van der Waals surface area contributed by atoms with Gasteiger partial charge in [-0.3, -0.25) is 0 Å². The van der Waals surface area contributed by atoms with Crippen molar-refractivity contribution < 1.29 is 8.39 Å². The first-order valence-electron chi connectivity index (χ1n) is 15.8. The molecule has 7 aromatic rings. The standard InChI is InChI=1S/C40H40NO2PS/c1-5-45(4,6-2)37-27-33-22-14-16-24-35(33)39-38-34-23-15-13-21-32(34)25-26-36(38)42-44(43-40(37)39)41(28-30-17-9-7-10-18-30)29(3)31-19-11-8-12-20-31/h7-27,29H,5-6,28H2,1-4H3/t29-,44?/m1/s1. The van der Waals surface area contributed by atoms with E-state index in [0.717, 1.165) is 33.4 Å². The summed E-state index contributed by atoms with van der Waals surface area (Å²) < 4.78 is 17.1. The van der Waals surface area contributed by atoms with Crippen LogP contribution in [0.5, 0.6) is 0 Å². The first kappa shape index (κ1) is 29.7. The van der Waals surface area contributed by atoms with E-state index in [-0.39, 0.29) is 6.04 Å². The molecule has 0 aliphatic carbocycles. The molecular formula is C40H40NO2PS. The molecule has 2 atom stereocenters. The molecule has 3 nitrogen and oxygen atoms in total. The Labute approximate surface area is 268 Å². The zero-order chi connectivity index (χ0) is 31.0. The Morgan fingerprint density at radius 3 is 1.96 bits per heavy atom. The molecule has 0 aliphatic heterocycles. The van der Waals surface area contributed by atoms with E-state index in [4.69, 9.17) is 8.39 Å². The molecule has 6 aromatic carbocycles. The summed E-state index contributed by atoms with van der Waals surface area (Å²) in [6.07, 6.45) is 2.47. The molecule has 0 amide bonds. The Kier molecular flexibility index (Phi) is 8.23. The lowest BCUT2D eigenvalue weighted by molar-refractivity contribution is 0.591. The largest absolute Gasteiger partial charge is 0.408 e. The molecule has 0 radical (unpaired) electrons. The maximum Gasteiger partial charge on any atom is 0.310 e. The van der Waals surface area contributed by atoms with Gasteiger partial charge >= 0.3 is 8.16 Å². The van der Waals surface area contributed by atoms with Crippen LogP contribution < -0.4 is 4.67 Å². The molecule has 0 saturated carbocycles. The minimum atomic E-state index is -1.56. The quantitative estimate of drug-likeness (QED) is 0.167. The lowest BCUT2D eigenvalue weighted by Crippen LogP contribution is -2.23. The topological polar surface area (TPSA) is 29.5 Å². The number of hydrogen-bond donors (Lipinski definition) is 0. The second-order valence-electron chi connectivity index (χ2n) is 11.9. The Hall–Kier alpha value is -3.95. The highest BCUT2D eigenvalue weighted by atomic mass is 32.3. The van der Waals surface area contributed by atoms with Gasteiger partial charge in [-0.05, 0) is 69.5 Å². The van der Waals surface area contributed by atoms with Crippen molar-refractivity contribution in [1.82, 2.24) is 0 Å². The van der Waals surface area contributed by atoms with Crippen molar-refractivity contribution in [3.8, 4) is 0 Å². The molecule has 0 aliphatic rings. The van der Waals surface area contributed by atoms with Gasteiger partial charge in [-0.1, -0.05) is 129 Å². The highest BCUT2D eigenvalue weighted by Crippen LogP contribution is 2.57. The number of nitrogens with zero attached hydrogens (tertiary/aromatic N) is 1. The van der Waals surface area contributed by atoms with Gasteiger partial charge in [0.1, 0.15) is 5.58 Å². The summed E-state index contributed by atoms with van der Waals surface area (Å²) >= 11 is 0. The van der Waals surface area contributed by atoms with Crippen LogP contribution in [0, 0.1) is 0 Å². The van der Waals surface area contributed by atoms with E-state index >= 15 is 0 Å². The van der Waals surface area contributed by atoms with Crippen LogP contribution in [0.1, 0.15) is 37.9 Å². The minimum Gasteiger partial charge on any atom is -0.408 e. The van der Waals surface area contributed by atoms with Gasteiger partial charge in [0.25, 0.3) is 0 Å². The van der Waals surface area contributed by atoms with Crippen LogP contribution in [-0.2, 0) is 6.54 Å². The van der Waals surface area contributed by atoms with E-state index in [1.165, 1.54) is 37.6 Å². The molecule has 0 saturated heterocycles. The van der Waals surface area contributed by atoms with E-state index in [1.54, 1.807) is 0 Å². The highest BCUT2D eigenvalue weighted by Gasteiger charge is 2.28. The molecule has 0 N–H and O–H groups in total. The predicted molar refractivity (Wildman–Crippen MR) is 197 cm³/mol. The highest BCUT2D eigenvalue weighted by molar-refractivity contribution is 8.33. The maximum absolute atomic E-state index is 7.44. The smallest absolute Gasteiger partial charge is 0.310 e. The third kappa shape index (κ3) is 5.46. The van der Waals surface area contributed by atoms with Crippen LogP contribution in [-0.4, -0.2) is 17.8 Å². The molecular weight excluding hydrogens is 589 g/mol. The van der Waals surface area contributed by atoms with Crippen LogP contribution in [0.25, 0.3) is 43.5 Å². The van der Waals surface area contributed by atoms with Gasteiger partial charge < -0.3 is 8.39 Å². The number of rotatable bonds is 8. The summed E-state index contributed by atoms with van der Waals surface area (Å²) in [5.74, 6) is 2.18. The fraction of sp³-hybridized carbons (Fsp3) is 0.200. The summed E-state index contributed by atoms with van der Waals surface area (Å²) in [4.78, 5) is 1.34. The van der Waals surface area contributed by atoms with E-state index < -0.39 is 18.2 Å². The first-order valence-corrected chi connectivity index (χ1v) is 19.3. The number of fused-ring (bicyclic) bond motifs is 7. The number of benzene rings is 6. The molecule has 0 bridgehead atoms. The van der Waals surface area contributed by atoms with Crippen LogP contribution in [0.15, 0.2) is 141 Å². The van der Waals surface area contributed by atoms with Gasteiger partial charge in [-0.15, -0.1) is 0 Å². The van der Waals surface area contributed by atoms with Gasteiger partial charge in [0, 0.05) is 28.3 Å². The lowest BCUT2D eigenvalue weighted by atomic mass is 9.99. The summed E-state index contributed by atoms with van der Waals surface area (Å²) in [5, 5.41) is 7.13. The van der Waals surface area contributed by atoms with Gasteiger partial charge in [-0.2, -0.15) is 4.67 Å². The summed E-state index contributed by atoms with van der Waals surface area (Å²) in [6.45, 7) is 7.64. The fourth-order valence-corrected chi connectivity index (χ4v) is 10.1. The summed E-state index contributed by atoms with van der Waals surface area (Å²) in [5.41, 5.74) is 4.34. The predicted octanol–water partition coefficient (Wildman–Crippen LogP) is 12.3. The van der Waals surface area contributed by atoms with E-state index in [0.29, 0.717) is 6.54 Å². The Morgan fingerprint density at radius 2 is 1.27 bits per heavy atom. The van der Waals surface area contributed by atoms with E-state index in [9.17, 15) is 0 Å². The van der Waals surface area contributed by atoms with Crippen LogP contribution in [0.4, 0.5) is 0 Å². The zero-order valence-corrected chi connectivity index (χ0v) is 28.2. The molecule has 0 fully saturated rings. The molecule has 228 valence electrons. The van der Waals surface area contributed by atoms with Crippen molar-refractivity contribution >= 4 is 61.7 Å². The Balaban J connectivity index is 1.66. The monoisotopic (exact) mass is 629 g/mol. The van der Waals surface area contributed by atoms with Crippen molar-refractivity contribution in [2.45, 2.75) is 38.3 Å². The van der Waals surface area contributed by atoms with Crippen LogP contribution in [0.2, 0.25) is 0 Å². The third-order valence-corrected chi connectivity index (χ3v) is 14.9. The average Bonchev–Trinajstić information content (AvgIpc) is 3.28. The van der Waals surface area contributed by atoms with Gasteiger partial charge in [0.05, 0.1) is 0 Å². The van der Waals surface area contributed by atoms with Crippen LogP contribution >= 0.6 is 18.2 Å². The fourth-order valence-electron chi connectivity index (χ4n) is 6.40. The molecule has 5 heteroatoms. The minimum absolute atomic E-state index is 0.0583. The molecule has 0 spiro atoms. The molecule has 1 unspecified atom stereocenters. The molecule has 1 heterocycles. The molecule has 45 heavy (non-hydrogen) atoms. The van der Waals surface area contributed by atoms with Crippen molar-refractivity contribution in [3.05, 3.63) is 139 Å². The second kappa shape index (κ2) is 12.4. The Bertz CT molecular complexity index is 2160. The molecule has 1 aromatic heterocycles. The zero-order valence-electron chi connectivity index (χ0n) is 26.4. The van der Waals surface area contributed by atoms with Crippen molar-refractivity contribution in [2.75, 3.05) is 22.4 Å².